The monoisotopic (exact) mass is 309 g/mol. The lowest BCUT2D eigenvalue weighted by Gasteiger charge is -2.32. The molecule has 1 aromatic rings. The zero-order valence-electron chi connectivity index (χ0n) is 13.4. The normalized spacial score (nSPS) is 18.0. The maximum atomic E-state index is 4.51. The van der Waals surface area contributed by atoms with Crippen LogP contribution >= 0.6 is 11.8 Å². The Labute approximate surface area is 132 Å². The fourth-order valence-electron chi connectivity index (χ4n) is 2.42. The van der Waals surface area contributed by atoms with E-state index in [1.165, 1.54) is 5.75 Å². The molecule has 1 N–H and O–H groups in total. The lowest BCUT2D eigenvalue weighted by molar-refractivity contribution is 0.311. The van der Waals surface area contributed by atoms with Gasteiger partial charge < -0.3 is 15.1 Å². The minimum absolute atomic E-state index is 0.700. The molecule has 21 heavy (non-hydrogen) atoms. The quantitative estimate of drug-likeness (QED) is 0.819. The van der Waals surface area contributed by atoms with Crippen molar-refractivity contribution in [1.29, 1.82) is 0 Å². The van der Waals surface area contributed by atoms with Gasteiger partial charge in [0.25, 0.3) is 0 Å². The summed E-state index contributed by atoms with van der Waals surface area (Å²) in [6.07, 6.45) is 6.06. The van der Waals surface area contributed by atoms with Crippen molar-refractivity contribution in [3.63, 3.8) is 0 Å². The molecule has 0 radical (unpaired) electrons. The van der Waals surface area contributed by atoms with Crippen LogP contribution in [0.3, 0.4) is 0 Å². The first-order valence-corrected chi connectivity index (χ1v) is 9.02. The van der Waals surface area contributed by atoms with Gasteiger partial charge in [-0.3, -0.25) is 0 Å². The van der Waals surface area contributed by atoms with E-state index in [-0.39, 0.29) is 0 Å². The van der Waals surface area contributed by atoms with E-state index in [9.17, 15) is 0 Å². The number of hydrogen-bond donors (Lipinski definition) is 1. The molecule has 1 saturated heterocycles. The van der Waals surface area contributed by atoms with Crippen LogP contribution in [0.15, 0.2) is 12.4 Å². The predicted octanol–water partition coefficient (Wildman–Crippen LogP) is 1.32. The molecule has 0 bridgehead atoms. The second kappa shape index (κ2) is 8.56. The number of thioether (sulfide) groups is 1. The topological polar surface area (TPSA) is 44.3 Å². The van der Waals surface area contributed by atoms with Gasteiger partial charge in [-0.15, -0.1) is 0 Å². The molecule has 1 atom stereocenters. The molecule has 6 heteroatoms. The molecular weight excluding hydrogens is 282 g/mol. The van der Waals surface area contributed by atoms with Crippen LogP contribution in [-0.2, 0) is 6.54 Å². The van der Waals surface area contributed by atoms with Gasteiger partial charge in [0.15, 0.2) is 0 Å². The summed E-state index contributed by atoms with van der Waals surface area (Å²) in [5.41, 5.74) is 1.16. The van der Waals surface area contributed by atoms with Gasteiger partial charge in [-0.05, 0) is 31.5 Å². The average molecular weight is 309 g/mol. The molecule has 5 nitrogen and oxygen atoms in total. The van der Waals surface area contributed by atoms with Crippen molar-refractivity contribution in [1.82, 2.24) is 20.2 Å². The highest BCUT2D eigenvalue weighted by molar-refractivity contribution is 7.98. The fourth-order valence-corrected chi connectivity index (χ4v) is 3.10. The van der Waals surface area contributed by atoms with Crippen molar-refractivity contribution in [2.24, 2.45) is 5.92 Å². The largest absolute Gasteiger partial charge is 0.338 e. The molecule has 2 rings (SSSR count). The maximum Gasteiger partial charge on any atom is 0.225 e. The van der Waals surface area contributed by atoms with E-state index in [1.54, 1.807) is 0 Å². The van der Waals surface area contributed by atoms with Gasteiger partial charge in [-0.25, -0.2) is 9.97 Å². The third-order valence-electron chi connectivity index (χ3n) is 3.75. The van der Waals surface area contributed by atoms with E-state index in [2.05, 4.69) is 45.3 Å². The minimum atomic E-state index is 0.700. The molecule has 1 aliphatic rings. The number of anilines is 1. The Bertz CT molecular complexity index is 403. The van der Waals surface area contributed by atoms with Crippen LogP contribution in [-0.4, -0.2) is 66.6 Å². The summed E-state index contributed by atoms with van der Waals surface area (Å²) in [5, 5.41) is 3.48. The molecule has 0 saturated carbocycles. The van der Waals surface area contributed by atoms with Gasteiger partial charge in [-0.1, -0.05) is 6.92 Å². The molecule has 1 aromatic heterocycles. The lowest BCUT2D eigenvalue weighted by Crippen LogP contribution is -2.45. The van der Waals surface area contributed by atoms with Crippen LogP contribution in [0.4, 0.5) is 5.95 Å². The molecule has 0 aromatic carbocycles. The smallest absolute Gasteiger partial charge is 0.225 e. The number of piperazine rings is 1. The highest BCUT2D eigenvalue weighted by Crippen LogP contribution is 2.10. The number of hydrogen-bond acceptors (Lipinski definition) is 6. The van der Waals surface area contributed by atoms with Crippen molar-refractivity contribution in [3.05, 3.63) is 18.0 Å². The third-order valence-corrected chi connectivity index (χ3v) is 4.65. The maximum absolute atomic E-state index is 4.51. The second-order valence-electron chi connectivity index (χ2n) is 5.87. The third kappa shape index (κ3) is 5.45. The first-order valence-electron chi connectivity index (χ1n) is 7.63. The summed E-state index contributed by atoms with van der Waals surface area (Å²) in [5.74, 6) is 2.76. The van der Waals surface area contributed by atoms with Gasteiger partial charge in [0, 0.05) is 50.7 Å². The summed E-state index contributed by atoms with van der Waals surface area (Å²) in [4.78, 5) is 13.6. The zero-order valence-corrected chi connectivity index (χ0v) is 14.2. The number of aromatic nitrogens is 2. The van der Waals surface area contributed by atoms with E-state index in [1.807, 2.05) is 24.2 Å². The first kappa shape index (κ1) is 16.5. The molecular formula is C15H27N5S. The van der Waals surface area contributed by atoms with Crippen LogP contribution in [0, 0.1) is 5.92 Å². The molecule has 118 valence electrons. The van der Waals surface area contributed by atoms with Crippen LogP contribution < -0.4 is 10.2 Å². The Kier molecular flexibility index (Phi) is 6.73. The summed E-state index contributed by atoms with van der Waals surface area (Å²) in [7, 11) is 2.16. The van der Waals surface area contributed by atoms with Crippen molar-refractivity contribution < 1.29 is 0 Å². The van der Waals surface area contributed by atoms with E-state index >= 15 is 0 Å². The fraction of sp³-hybridized carbons (Fsp3) is 0.733. The SMILES string of the molecule is CSCC(C)CNCc1cnc(N2CCN(C)CC2)nc1. The number of nitrogens with zero attached hydrogens (tertiary/aromatic N) is 4. The Hall–Kier alpha value is -0.850. The van der Waals surface area contributed by atoms with E-state index in [0.717, 1.165) is 50.8 Å². The van der Waals surface area contributed by atoms with Gasteiger partial charge in [0.05, 0.1) is 0 Å². The summed E-state index contributed by atoms with van der Waals surface area (Å²) in [6, 6.07) is 0. The highest BCUT2D eigenvalue weighted by atomic mass is 32.2. The summed E-state index contributed by atoms with van der Waals surface area (Å²) >= 11 is 1.90. The molecule has 0 aliphatic carbocycles. The lowest BCUT2D eigenvalue weighted by atomic mass is 10.2. The number of likely N-dealkylation sites (N-methyl/N-ethyl adjacent to an activating group) is 1. The molecule has 1 unspecified atom stereocenters. The Morgan fingerprint density at radius 2 is 1.90 bits per heavy atom. The van der Waals surface area contributed by atoms with Crippen LogP contribution in [0.2, 0.25) is 0 Å². The van der Waals surface area contributed by atoms with Gasteiger partial charge in [0.2, 0.25) is 5.95 Å². The van der Waals surface area contributed by atoms with E-state index in [4.69, 9.17) is 0 Å². The van der Waals surface area contributed by atoms with Gasteiger partial charge >= 0.3 is 0 Å². The Morgan fingerprint density at radius 1 is 1.24 bits per heavy atom. The zero-order chi connectivity index (χ0) is 15.1. The van der Waals surface area contributed by atoms with Crippen molar-refractivity contribution in [2.75, 3.05) is 56.7 Å². The van der Waals surface area contributed by atoms with E-state index in [0.29, 0.717) is 5.92 Å². The first-order chi connectivity index (χ1) is 10.2. The van der Waals surface area contributed by atoms with Crippen molar-refractivity contribution >= 4 is 17.7 Å². The van der Waals surface area contributed by atoms with Crippen molar-refractivity contribution in [3.8, 4) is 0 Å². The number of nitrogens with one attached hydrogen (secondary N) is 1. The van der Waals surface area contributed by atoms with E-state index < -0.39 is 0 Å². The molecule has 0 spiro atoms. The molecule has 0 amide bonds. The minimum Gasteiger partial charge on any atom is -0.338 e. The van der Waals surface area contributed by atoms with Gasteiger partial charge in [0.1, 0.15) is 0 Å². The summed E-state index contributed by atoms with van der Waals surface area (Å²) in [6.45, 7) is 8.36. The van der Waals surface area contributed by atoms with Crippen LogP contribution in [0.25, 0.3) is 0 Å². The van der Waals surface area contributed by atoms with Crippen LogP contribution in [0.1, 0.15) is 12.5 Å². The molecule has 2 heterocycles. The molecule has 1 aliphatic heterocycles. The molecule has 1 fully saturated rings. The van der Waals surface area contributed by atoms with Gasteiger partial charge in [-0.2, -0.15) is 11.8 Å². The predicted molar refractivity (Wildman–Crippen MR) is 91.0 cm³/mol. The highest BCUT2D eigenvalue weighted by Gasteiger charge is 2.15. The van der Waals surface area contributed by atoms with Crippen molar-refractivity contribution in [2.45, 2.75) is 13.5 Å². The van der Waals surface area contributed by atoms with Crippen LogP contribution in [0.5, 0.6) is 0 Å². The average Bonchev–Trinajstić information content (AvgIpc) is 2.49. The standard InChI is InChI=1S/C15H27N5S/c1-13(12-21-3)8-16-9-14-10-17-15(18-11-14)20-6-4-19(2)5-7-20/h10-11,13,16H,4-9,12H2,1-3H3. The second-order valence-corrected chi connectivity index (χ2v) is 6.78. The summed E-state index contributed by atoms with van der Waals surface area (Å²) < 4.78 is 0. The Balaban J connectivity index is 1.76. The number of rotatable bonds is 7. The Morgan fingerprint density at radius 3 is 2.52 bits per heavy atom.